The van der Waals surface area contributed by atoms with E-state index in [0.29, 0.717) is 12.0 Å². The summed E-state index contributed by atoms with van der Waals surface area (Å²) in [4.78, 5) is 4.63. The van der Waals surface area contributed by atoms with Crippen LogP contribution in [0.4, 0.5) is 0 Å². The highest BCUT2D eigenvalue weighted by atomic mass is 16.3. The molecule has 0 aliphatic heterocycles. The second-order valence-corrected chi connectivity index (χ2v) is 5.29. The largest absolute Gasteiger partial charge is 0.466 e. The maximum Gasteiger partial charge on any atom is 0.206 e. The third kappa shape index (κ3) is 3.50. The van der Waals surface area contributed by atoms with Gasteiger partial charge in [-0.25, -0.2) is 10.8 Å². The normalized spacial score (nSPS) is 18.6. The molecule has 1 aromatic heterocycles. The average molecular weight is 264 g/mol. The van der Waals surface area contributed by atoms with Gasteiger partial charge in [0.05, 0.1) is 12.1 Å². The van der Waals surface area contributed by atoms with Crippen molar-refractivity contribution in [2.45, 2.75) is 58.5 Å². The van der Waals surface area contributed by atoms with Gasteiger partial charge in [0.1, 0.15) is 11.5 Å². The molecule has 1 atom stereocenters. The number of rotatable bonds is 3. The van der Waals surface area contributed by atoms with Gasteiger partial charge in [-0.3, -0.25) is 5.43 Å². The Hall–Kier alpha value is -1.49. The van der Waals surface area contributed by atoms with E-state index in [1.807, 2.05) is 13.8 Å². The van der Waals surface area contributed by atoms with Gasteiger partial charge in [0.2, 0.25) is 5.96 Å². The fourth-order valence-corrected chi connectivity index (χ4v) is 2.70. The second kappa shape index (κ2) is 6.10. The number of furan rings is 1. The summed E-state index contributed by atoms with van der Waals surface area (Å²) in [6, 6.07) is 2.57. The molecule has 5 heteroatoms. The predicted molar refractivity (Wildman–Crippen MR) is 76.7 cm³/mol. The fourth-order valence-electron chi connectivity index (χ4n) is 2.70. The number of hydrazine groups is 1. The maximum absolute atomic E-state index is 5.55. The molecule has 19 heavy (non-hydrogen) atoms. The van der Waals surface area contributed by atoms with E-state index in [9.17, 15) is 0 Å². The number of hydrogen-bond acceptors (Lipinski definition) is 3. The highest BCUT2D eigenvalue weighted by molar-refractivity contribution is 5.79. The highest BCUT2D eigenvalue weighted by Crippen LogP contribution is 2.22. The number of nitrogens with two attached hydrogens (primary N) is 1. The van der Waals surface area contributed by atoms with Gasteiger partial charge in [0.25, 0.3) is 0 Å². The zero-order valence-electron chi connectivity index (χ0n) is 12.0. The predicted octanol–water partition coefficient (Wildman–Crippen LogP) is 2.31. The van der Waals surface area contributed by atoms with Crippen LogP contribution in [0, 0.1) is 13.8 Å². The van der Waals surface area contributed by atoms with Gasteiger partial charge in [-0.2, -0.15) is 0 Å². The Morgan fingerprint density at radius 3 is 2.63 bits per heavy atom. The highest BCUT2D eigenvalue weighted by Gasteiger charge is 2.17. The van der Waals surface area contributed by atoms with Crippen LogP contribution in [-0.4, -0.2) is 12.0 Å². The van der Waals surface area contributed by atoms with E-state index < -0.39 is 0 Å². The van der Waals surface area contributed by atoms with E-state index in [0.717, 1.165) is 29.9 Å². The van der Waals surface area contributed by atoms with E-state index in [1.165, 1.54) is 12.8 Å². The van der Waals surface area contributed by atoms with Gasteiger partial charge in [0, 0.05) is 5.56 Å². The summed E-state index contributed by atoms with van der Waals surface area (Å²) in [6.07, 6.45) is 4.85. The van der Waals surface area contributed by atoms with Crippen molar-refractivity contribution in [1.82, 2.24) is 10.7 Å². The first-order chi connectivity index (χ1) is 9.10. The Labute approximate surface area is 114 Å². The van der Waals surface area contributed by atoms with Crippen LogP contribution in [0.25, 0.3) is 0 Å². The van der Waals surface area contributed by atoms with E-state index in [2.05, 4.69) is 28.7 Å². The molecule has 0 aromatic carbocycles. The molecule has 1 aliphatic rings. The topological polar surface area (TPSA) is 75.6 Å². The van der Waals surface area contributed by atoms with Gasteiger partial charge >= 0.3 is 0 Å². The van der Waals surface area contributed by atoms with Crippen molar-refractivity contribution in [3.05, 3.63) is 23.2 Å². The zero-order valence-corrected chi connectivity index (χ0v) is 12.0. The van der Waals surface area contributed by atoms with Crippen LogP contribution in [0.15, 0.2) is 15.5 Å². The molecule has 1 aromatic rings. The quantitative estimate of drug-likeness (QED) is 0.339. The standard InChI is InChI=1S/C14H24N4O/c1-9-8-13(11(3)19-9)10(2)16-14(18-15)17-12-6-4-5-7-12/h8,10,12H,4-7,15H2,1-3H3,(H2,16,17,18). The van der Waals surface area contributed by atoms with Gasteiger partial charge in [-0.1, -0.05) is 12.8 Å². The molecule has 0 amide bonds. The van der Waals surface area contributed by atoms with E-state index in [4.69, 9.17) is 10.3 Å². The summed E-state index contributed by atoms with van der Waals surface area (Å²) in [5.74, 6) is 8.08. The molecule has 5 nitrogen and oxygen atoms in total. The van der Waals surface area contributed by atoms with Crippen molar-refractivity contribution in [3.8, 4) is 0 Å². The third-order valence-corrected chi connectivity index (χ3v) is 3.67. The lowest BCUT2D eigenvalue weighted by Gasteiger charge is -2.17. The number of aliphatic imine (C=N–C) groups is 1. The van der Waals surface area contributed by atoms with Gasteiger partial charge in [0.15, 0.2) is 0 Å². The van der Waals surface area contributed by atoms with Crippen molar-refractivity contribution >= 4 is 5.96 Å². The summed E-state index contributed by atoms with van der Waals surface area (Å²) < 4.78 is 5.55. The van der Waals surface area contributed by atoms with E-state index in [1.54, 1.807) is 0 Å². The lowest BCUT2D eigenvalue weighted by atomic mass is 10.1. The van der Waals surface area contributed by atoms with Gasteiger partial charge in [-0.15, -0.1) is 0 Å². The van der Waals surface area contributed by atoms with Crippen LogP contribution in [0.3, 0.4) is 0 Å². The fraction of sp³-hybridized carbons (Fsp3) is 0.643. The van der Waals surface area contributed by atoms with Gasteiger partial charge in [-0.05, 0) is 39.7 Å². The molecule has 1 heterocycles. The average Bonchev–Trinajstić information content (AvgIpc) is 2.98. The number of aryl methyl sites for hydroxylation is 2. The van der Waals surface area contributed by atoms with Gasteiger partial charge < -0.3 is 9.73 Å². The number of nitrogens with one attached hydrogen (secondary N) is 2. The summed E-state index contributed by atoms with van der Waals surface area (Å²) in [5.41, 5.74) is 3.81. The molecule has 1 aliphatic carbocycles. The van der Waals surface area contributed by atoms with Crippen molar-refractivity contribution in [1.29, 1.82) is 0 Å². The SMILES string of the molecule is Cc1cc(C(C)NC(=NC2CCCC2)NN)c(C)o1. The Morgan fingerprint density at radius 2 is 2.11 bits per heavy atom. The van der Waals surface area contributed by atoms with Crippen LogP contribution < -0.4 is 16.6 Å². The molecule has 1 fully saturated rings. The van der Waals surface area contributed by atoms with E-state index >= 15 is 0 Å². The molecule has 1 unspecified atom stereocenters. The lowest BCUT2D eigenvalue weighted by molar-refractivity contribution is 0.496. The van der Waals surface area contributed by atoms with Crippen molar-refractivity contribution in [3.63, 3.8) is 0 Å². The molecule has 0 saturated heterocycles. The molecule has 0 spiro atoms. The number of nitrogens with zero attached hydrogens (tertiary/aromatic N) is 1. The summed E-state index contributed by atoms with van der Waals surface area (Å²) >= 11 is 0. The first-order valence-corrected chi connectivity index (χ1v) is 6.98. The molecule has 2 rings (SSSR count). The Bertz CT molecular complexity index is 446. The minimum absolute atomic E-state index is 0.119. The minimum atomic E-state index is 0.119. The molecule has 0 radical (unpaired) electrons. The van der Waals surface area contributed by atoms with Crippen molar-refractivity contribution in [2.24, 2.45) is 10.8 Å². The molecule has 0 bridgehead atoms. The van der Waals surface area contributed by atoms with Crippen LogP contribution in [0.1, 0.15) is 55.7 Å². The number of hydrogen-bond donors (Lipinski definition) is 3. The van der Waals surface area contributed by atoms with Crippen LogP contribution in [0.2, 0.25) is 0 Å². The maximum atomic E-state index is 5.55. The zero-order chi connectivity index (χ0) is 13.8. The molecular formula is C14H24N4O. The lowest BCUT2D eigenvalue weighted by Crippen LogP contribution is -2.43. The van der Waals surface area contributed by atoms with Crippen LogP contribution in [-0.2, 0) is 0 Å². The molecule has 106 valence electrons. The smallest absolute Gasteiger partial charge is 0.206 e. The van der Waals surface area contributed by atoms with E-state index in [-0.39, 0.29) is 6.04 Å². The van der Waals surface area contributed by atoms with Crippen molar-refractivity contribution < 1.29 is 4.42 Å². The Balaban J connectivity index is 2.03. The monoisotopic (exact) mass is 264 g/mol. The summed E-state index contributed by atoms with van der Waals surface area (Å²) in [5, 5.41) is 3.32. The minimum Gasteiger partial charge on any atom is -0.466 e. The number of guanidine groups is 1. The first-order valence-electron chi connectivity index (χ1n) is 6.98. The van der Waals surface area contributed by atoms with Crippen LogP contribution >= 0.6 is 0 Å². The summed E-state index contributed by atoms with van der Waals surface area (Å²) in [7, 11) is 0. The molecular weight excluding hydrogens is 240 g/mol. The third-order valence-electron chi connectivity index (χ3n) is 3.67. The Morgan fingerprint density at radius 1 is 1.42 bits per heavy atom. The molecule has 4 N–H and O–H groups in total. The van der Waals surface area contributed by atoms with Crippen molar-refractivity contribution in [2.75, 3.05) is 0 Å². The van der Waals surface area contributed by atoms with Crippen LogP contribution in [0.5, 0.6) is 0 Å². The summed E-state index contributed by atoms with van der Waals surface area (Å²) in [6.45, 7) is 6.01. The molecule has 1 saturated carbocycles. The Kier molecular flexibility index (Phi) is 4.47. The second-order valence-electron chi connectivity index (χ2n) is 5.29. The first kappa shape index (κ1) is 13.9.